The fourth-order valence-corrected chi connectivity index (χ4v) is 1.87. The molecule has 1 aliphatic rings. The van der Waals surface area contributed by atoms with Crippen LogP contribution in [0, 0.1) is 5.41 Å². The Morgan fingerprint density at radius 2 is 2.00 bits per heavy atom. The Kier molecular flexibility index (Phi) is 4.39. The normalized spacial score (nSPS) is 26.1. The second-order valence-corrected chi connectivity index (χ2v) is 5.73. The van der Waals surface area contributed by atoms with E-state index in [1.807, 2.05) is 0 Å². The van der Waals surface area contributed by atoms with Crippen molar-refractivity contribution in [3.63, 3.8) is 0 Å². The number of hydrogen-bond donors (Lipinski definition) is 1. The van der Waals surface area contributed by atoms with Gasteiger partial charge in [0, 0.05) is 19.1 Å². The van der Waals surface area contributed by atoms with Crippen LogP contribution in [-0.4, -0.2) is 37.1 Å². The molecule has 1 atom stereocenters. The molecular formula is C12H26N2. The van der Waals surface area contributed by atoms with E-state index < -0.39 is 0 Å². The second-order valence-electron chi connectivity index (χ2n) is 5.73. The first-order chi connectivity index (χ1) is 6.49. The topological polar surface area (TPSA) is 15.3 Å². The molecule has 0 aliphatic carbocycles. The first-order valence-electron chi connectivity index (χ1n) is 5.94. The van der Waals surface area contributed by atoms with Gasteiger partial charge in [-0.3, -0.25) is 4.90 Å². The van der Waals surface area contributed by atoms with Gasteiger partial charge in [0.1, 0.15) is 0 Å². The van der Waals surface area contributed by atoms with Crippen LogP contribution in [0.15, 0.2) is 0 Å². The Balaban J connectivity index is 2.33. The van der Waals surface area contributed by atoms with E-state index in [2.05, 4.69) is 37.9 Å². The molecule has 0 aromatic rings. The van der Waals surface area contributed by atoms with Crippen molar-refractivity contribution in [3.8, 4) is 0 Å². The molecule has 0 radical (unpaired) electrons. The predicted molar refractivity (Wildman–Crippen MR) is 62.6 cm³/mol. The van der Waals surface area contributed by atoms with Gasteiger partial charge in [0.25, 0.3) is 0 Å². The molecule has 14 heavy (non-hydrogen) atoms. The van der Waals surface area contributed by atoms with E-state index in [1.165, 1.54) is 32.5 Å². The van der Waals surface area contributed by atoms with Crippen LogP contribution in [0.5, 0.6) is 0 Å². The Bertz CT molecular complexity index is 160. The Hall–Kier alpha value is -0.0800. The summed E-state index contributed by atoms with van der Waals surface area (Å²) in [6.45, 7) is 14.2. The van der Waals surface area contributed by atoms with E-state index in [1.54, 1.807) is 0 Å². The lowest BCUT2D eigenvalue weighted by molar-refractivity contribution is 0.188. The summed E-state index contributed by atoms with van der Waals surface area (Å²) < 4.78 is 0. The SMILES string of the molecule is CC1CCNCCN1CCC(C)(C)C. The van der Waals surface area contributed by atoms with Gasteiger partial charge >= 0.3 is 0 Å². The molecule has 0 aromatic heterocycles. The molecule has 1 rings (SSSR count). The third-order valence-electron chi connectivity index (χ3n) is 3.09. The molecule has 1 heterocycles. The maximum Gasteiger partial charge on any atom is 0.0110 e. The summed E-state index contributed by atoms with van der Waals surface area (Å²) in [5.41, 5.74) is 0.472. The smallest absolute Gasteiger partial charge is 0.0110 e. The molecule has 0 aromatic carbocycles. The van der Waals surface area contributed by atoms with Crippen molar-refractivity contribution < 1.29 is 0 Å². The predicted octanol–water partition coefficient (Wildman–Crippen LogP) is 2.11. The number of nitrogens with one attached hydrogen (secondary N) is 1. The molecule has 84 valence electrons. The number of nitrogens with zero attached hydrogens (tertiary/aromatic N) is 1. The van der Waals surface area contributed by atoms with Gasteiger partial charge in [-0.2, -0.15) is 0 Å². The van der Waals surface area contributed by atoms with Crippen molar-refractivity contribution in [2.24, 2.45) is 5.41 Å². The van der Waals surface area contributed by atoms with Gasteiger partial charge in [0.15, 0.2) is 0 Å². The van der Waals surface area contributed by atoms with Crippen LogP contribution in [0.4, 0.5) is 0 Å². The molecule has 0 saturated carbocycles. The van der Waals surface area contributed by atoms with Crippen LogP contribution in [0.1, 0.15) is 40.5 Å². The zero-order valence-corrected chi connectivity index (χ0v) is 10.3. The highest BCUT2D eigenvalue weighted by Gasteiger charge is 2.18. The van der Waals surface area contributed by atoms with Crippen molar-refractivity contribution in [2.75, 3.05) is 26.2 Å². The summed E-state index contributed by atoms with van der Waals surface area (Å²) in [6.07, 6.45) is 2.60. The summed E-state index contributed by atoms with van der Waals surface area (Å²) in [6, 6.07) is 0.757. The molecule has 2 nitrogen and oxygen atoms in total. The van der Waals surface area contributed by atoms with E-state index in [-0.39, 0.29) is 0 Å². The van der Waals surface area contributed by atoms with Crippen LogP contribution < -0.4 is 5.32 Å². The highest BCUT2D eigenvalue weighted by molar-refractivity contribution is 4.75. The van der Waals surface area contributed by atoms with Crippen molar-refractivity contribution >= 4 is 0 Å². The van der Waals surface area contributed by atoms with Gasteiger partial charge in [0.05, 0.1) is 0 Å². The molecule has 1 fully saturated rings. The van der Waals surface area contributed by atoms with Crippen LogP contribution in [0.25, 0.3) is 0 Å². The van der Waals surface area contributed by atoms with E-state index in [4.69, 9.17) is 0 Å². The van der Waals surface area contributed by atoms with Crippen molar-refractivity contribution in [3.05, 3.63) is 0 Å². The lowest BCUT2D eigenvalue weighted by atomic mass is 9.92. The van der Waals surface area contributed by atoms with Crippen LogP contribution in [0.3, 0.4) is 0 Å². The molecule has 1 aliphatic heterocycles. The molecule has 2 heteroatoms. The first-order valence-corrected chi connectivity index (χ1v) is 5.94. The molecular weight excluding hydrogens is 172 g/mol. The third kappa shape index (κ3) is 4.43. The maximum atomic E-state index is 3.46. The second kappa shape index (κ2) is 5.13. The summed E-state index contributed by atoms with van der Waals surface area (Å²) >= 11 is 0. The summed E-state index contributed by atoms with van der Waals surface area (Å²) in [7, 11) is 0. The fraction of sp³-hybridized carbons (Fsp3) is 1.00. The summed E-state index contributed by atoms with van der Waals surface area (Å²) in [5, 5.41) is 3.46. The lowest BCUT2D eigenvalue weighted by Crippen LogP contribution is -2.36. The molecule has 0 bridgehead atoms. The standard InChI is InChI=1S/C12H26N2/c1-11-5-7-13-8-10-14(11)9-6-12(2,3)4/h11,13H,5-10H2,1-4H3. The quantitative estimate of drug-likeness (QED) is 0.731. The van der Waals surface area contributed by atoms with Gasteiger partial charge in [-0.25, -0.2) is 0 Å². The van der Waals surface area contributed by atoms with E-state index >= 15 is 0 Å². The monoisotopic (exact) mass is 198 g/mol. The fourth-order valence-electron chi connectivity index (χ4n) is 1.87. The molecule has 1 unspecified atom stereocenters. The lowest BCUT2D eigenvalue weighted by Gasteiger charge is -2.29. The Morgan fingerprint density at radius 1 is 1.29 bits per heavy atom. The average molecular weight is 198 g/mol. The average Bonchev–Trinajstić information content (AvgIpc) is 2.25. The van der Waals surface area contributed by atoms with Gasteiger partial charge in [-0.1, -0.05) is 20.8 Å². The highest BCUT2D eigenvalue weighted by atomic mass is 15.2. The van der Waals surface area contributed by atoms with E-state index in [0.717, 1.165) is 12.6 Å². The van der Waals surface area contributed by atoms with Crippen molar-refractivity contribution in [1.29, 1.82) is 0 Å². The van der Waals surface area contributed by atoms with Gasteiger partial charge < -0.3 is 5.32 Å². The maximum absolute atomic E-state index is 3.46. The molecule has 1 saturated heterocycles. The van der Waals surface area contributed by atoms with E-state index in [0.29, 0.717) is 5.41 Å². The summed E-state index contributed by atoms with van der Waals surface area (Å²) in [5.74, 6) is 0. The van der Waals surface area contributed by atoms with Crippen molar-refractivity contribution in [2.45, 2.75) is 46.6 Å². The number of hydrogen-bond acceptors (Lipinski definition) is 2. The third-order valence-corrected chi connectivity index (χ3v) is 3.09. The summed E-state index contributed by atoms with van der Waals surface area (Å²) in [4.78, 5) is 2.63. The number of rotatable bonds is 2. The Labute approximate surface area is 89.1 Å². The van der Waals surface area contributed by atoms with Crippen molar-refractivity contribution in [1.82, 2.24) is 10.2 Å². The minimum Gasteiger partial charge on any atom is -0.315 e. The zero-order valence-electron chi connectivity index (χ0n) is 10.3. The Morgan fingerprint density at radius 3 is 2.64 bits per heavy atom. The van der Waals surface area contributed by atoms with Crippen LogP contribution >= 0.6 is 0 Å². The van der Waals surface area contributed by atoms with Crippen LogP contribution in [-0.2, 0) is 0 Å². The molecule has 0 spiro atoms. The first kappa shape index (κ1) is 12.0. The minimum absolute atomic E-state index is 0.472. The molecule has 0 amide bonds. The van der Waals surface area contributed by atoms with Crippen LogP contribution in [0.2, 0.25) is 0 Å². The van der Waals surface area contributed by atoms with Gasteiger partial charge in [0.2, 0.25) is 0 Å². The van der Waals surface area contributed by atoms with Gasteiger partial charge in [-0.15, -0.1) is 0 Å². The largest absolute Gasteiger partial charge is 0.315 e. The minimum atomic E-state index is 0.472. The highest BCUT2D eigenvalue weighted by Crippen LogP contribution is 2.20. The van der Waals surface area contributed by atoms with Gasteiger partial charge in [-0.05, 0) is 38.3 Å². The molecule has 1 N–H and O–H groups in total. The van der Waals surface area contributed by atoms with E-state index in [9.17, 15) is 0 Å². The zero-order chi connectivity index (χ0) is 10.6.